The van der Waals surface area contributed by atoms with Crippen LogP contribution in [0.5, 0.6) is 0 Å². The zero-order valence-electron chi connectivity index (χ0n) is 16.0. The molecule has 5 rings (SSSR count). The number of piperazine rings is 1. The van der Waals surface area contributed by atoms with Crippen molar-refractivity contribution < 1.29 is 4.79 Å². The summed E-state index contributed by atoms with van der Waals surface area (Å²) in [6.07, 6.45) is 7.06. The fraction of sp³-hybridized carbons (Fsp3) is 0.476. The molecule has 7 heteroatoms. The first-order chi connectivity index (χ1) is 13.7. The van der Waals surface area contributed by atoms with Gasteiger partial charge in [0.2, 0.25) is 5.95 Å². The van der Waals surface area contributed by atoms with E-state index < -0.39 is 0 Å². The number of hydrogen-bond acceptors (Lipinski definition) is 6. The van der Waals surface area contributed by atoms with Crippen molar-refractivity contribution >= 4 is 23.2 Å². The van der Waals surface area contributed by atoms with Crippen LogP contribution >= 0.6 is 0 Å². The summed E-state index contributed by atoms with van der Waals surface area (Å²) in [5, 5.41) is 9.88. The average Bonchev–Trinajstić information content (AvgIpc) is 3.00. The third-order valence-electron chi connectivity index (χ3n) is 6.15. The zero-order chi connectivity index (χ0) is 19.0. The molecule has 1 saturated heterocycles. The second-order valence-corrected chi connectivity index (χ2v) is 7.96. The summed E-state index contributed by atoms with van der Waals surface area (Å²) < 4.78 is 0. The molecule has 2 aliphatic heterocycles. The van der Waals surface area contributed by atoms with Gasteiger partial charge in [-0.15, -0.1) is 0 Å². The van der Waals surface area contributed by atoms with Crippen LogP contribution < -0.4 is 20.9 Å². The molecule has 7 nitrogen and oxygen atoms in total. The van der Waals surface area contributed by atoms with Crippen molar-refractivity contribution in [3.63, 3.8) is 0 Å². The number of nitrogens with zero attached hydrogens (tertiary/aromatic N) is 3. The number of hydrogen-bond donors (Lipinski definition) is 3. The summed E-state index contributed by atoms with van der Waals surface area (Å²) in [4.78, 5) is 23.9. The molecule has 0 atom stereocenters. The fourth-order valence-corrected chi connectivity index (χ4v) is 4.64. The van der Waals surface area contributed by atoms with Gasteiger partial charge in [0.05, 0.1) is 16.8 Å². The quantitative estimate of drug-likeness (QED) is 0.761. The highest BCUT2D eigenvalue weighted by Crippen LogP contribution is 2.41. The van der Waals surface area contributed by atoms with Crippen LogP contribution in [0.2, 0.25) is 0 Å². The summed E-state index contributed by atoms with van der Waals surface area (Å²) in [5.74, 6) is 0.513. The molecular weight excluding hydrogens is 352 g/mol. The highest BCUT2D eigenvalue weighted by molar-refractivity contribution is 5.99. The van der Waals surface area contributed by atoms with E-state index in [0.29, 0.717) is 11.5 Å². The van der Waals surface area contributed by atoms with Gasteiger partial charge in [0.25, 0.3) is 5.91 Å². The summed E-state index contributed by atoms with van der Waals surface area (Å²) >= 11 is 0. The van der Waals surface area contributed by atoms with Gasteiger partial charge >= 0.3 is 0 Å². The number of aromatic nitrogens is 2. The summed E-state index contributed by atoms with van der Waals surface area (Å²) in [7, 11) is 0. The number of carbonyl (C=O) groups is 1. The Balaban J connectivity index is 1.36. The number of anilines is 3. The Labute approximate surface area is 164 Å². The molecule has 1 aromatic carbocycles. The van der Waals surface area contributed by atoms with E-state index in [1.165, 1.54) is 12.1 Å². The molecule has 3 N–H and O–H groups in total. The number of carbonyl (C=O) groups excluding carboxylic acids is 1. The lowest BCUT2D eigenvalue weighted by atomic mass is 9.80. The summed E-state index contributed by atoms with van der Waals surface area (Å²) in [5.41, 5.74) is 3.39. The molecule has 2 aromatic rings. The standard InChI is InChI=1S/C21H26N6O/c28-19-17-14-23-20(25-18(17)21(26-19)8-2-1-3-9-21)24-15-4-6-16(7-5-15)27-12-10-22-11-13-27/h4-7,14,22H,1-3,8-13H2,(H,26,28)(H,23,24,25). The van der Waals surface area contributed by atoms with Gasteiger partial charge < -0.3 is 20.9 Å². The zero-order valence-corrected chi connectivity index (χ0v) is 16.0. The maximum Gasteiger partial charge on any atom is 0.255 e. The lowest BCUT2D eigenvalue weighted by molar-refractivity contribution is 0.0908. The van der Waals surface area contributed by atoms with Crippen LogP contribution in [0.1, 0.15) is 48.2 Å². The number of nitrogens with one attached hydrogen (secondary N) is 3. The van der Waals surface area contributed by atoms with Crippen LogP contribution in [0, 0.1) is 0 Å². The highest BCUT2D eigenvalue weighted by atomic mass is 16.2. The van der Waals surface area contributed by atoms with Crippen LogP contribution in [0.4, 0.5) is 17.3 Å². The Kier molecular flexibility index (Phi) is 4.39. The molecule has 1 amide bonds. The molecule has 1 saturated carbocycles. The van der Waals surface area contributed by atoms with E-state index in [9.17, 15) is 4.79 Å². The molecule has 0 bridgehead atoms. The number of rotatable bonds is 3. The Morgan fingerprint density at radius 1 is 1.04 bits per heavy atom. The van der Waals surface area contributed by atoms with E-state index in [2.05, 4.69) is 50.1 Å². The highest BCUT2D eigenvalue weighted by Gasteiger charge is 2.45. The van der Waals surface area contributed by atoms with Crippen molar-refractivity contribution in [2.24, 2.45) is 0 Å². The monoisotopic (exact) mass is 378 g/mol. The molecule has 1 aromatic heterocycles. The minimum Gasteiger partial charge on any atom is -0.369 e. The average molecular weight is 378 g/mol. The van der Waals surface area contributed by atoms with Crippen molar-refractivity contribution in [3.8, 4) is 0 Å². The molecular formula is C21H26N6O. The van der Waals surface area contributed by atoms with Crippen molar-refractivity contribution in [1.82, 2.24) is 20.6 Å². The lowest BCUT2D eigenvalue weighted by Gasteiger charge is -2.33. The van der Waals surface area contributed by atoms with E-state index in [1.807, 2.05) is 0 Å². The van der Waals surface area contributed by atoms with Gasteiger partial charge in [-0.2, -0.15) is 0 Å². The molecule has 1 aliphatic carbocycles. The van der Waals surface area contributed by atoms with Gasteiger partial charge in [-0.25, -0.2) is 9.97 Å². The summed E-state index contributed by atoms with van der Waals surface area (Å²) in [6.45, 7) is 4.11. The number of amides is 1. The first-order valence-corrected chi connectivity index (χ1v) is 10.3. The molecule has 146 valence electrons. The molecule has 2 fully saturated rings. The maximum absolute atomic E-state index is 12.4. The van der Waals surface area contributed by atoms with Crippen molar-refractivity contribution in [1.29, 1.82) is 0 Å². The van der Waals surface area contributed by atoms with Gasteiger partial charge in [-0.1, -0.05) is 19.3 Å². The second kappa shape index (κ2) is 7.05. The van der Waals surface area contributed by atoms with Crippen molar-refractivity contribution in [3.05, 3.63) is 41.7 Å². The maximum atomic E-state index is 12.4. The topological polar surface area (TPSA) is 82.2 Å². The second-order valence-electron chi connectivity index (χ2n) is 7.96. The van der Waals surface area contributed by atoms with Crippen LogP contribution in [0.3, 0.4) is 0 Å². The molecule has 0 unspecified atom stereocenters. The van der Waals surface area contributed by atoms with Crippen LogP contribution in [0.25, 0.3) is 0 Å². The Bertz CT molecular complexity index is 869. The van der Waals surface area contributed by atoms with E-state index >= 15 is 0 Å². The van der Waals surface area contributed by atoms with E-state index in [4.69, 9.17) is 4.98 Å². The lowest BCUT2D eigenvalue weighted by Crippen LogP contribution is -2.43. The molecule has 3 heterocycles. The van der Waals surface area contributed by atoms with Gasteiger partial charge in [0, 0.05) is 43.8 Å². The molecule has 0 radical (unpaired) electrons. The summed E-state index contributed by atoms with van der Waals surface area (Å²) in [6, 6.07) is 8.39. The SMILES string of the molecule is O=C1NC2(CCCCC2)c2nc(Nc3ccc(N4CCNCC4)cc3)ncc21. The van der Waals surface area contributed by atoms with Crippen LogP contribution in [-0.2, 0) is 5.54 Å². The van der Waals surface area contributed by atoms with Crippen molar-refractivity contribution in [2.45, 2.75) is 37.6 Å². The Morgan fingerprint density at radius 2 is 1.79 bits per heavy atom. The fourth-order valence-electron chi connectivity index (χ4n) is 4.64. The van der Waals surface area contributed by atoms with Gasteiger partial charge in [0.15, 0.2) is 0 Å². The molecule has 3 aliphatic rings. The van der Waals surface area contributed by atoms with Crippen LogP contribution in [0.15, 0.2) is 30.5 Å². The Morgan fingerprint density at radius 3 is 2.54 bits per heavy atom. The largest absolute Gasteiger partial charge is 0.369 e. The number of fused-ring (bicyclic) bond motifs is 2. The predicted octanol–water partition coefficient (Wildman–Crippen LogP) is 2.53. The number of benzene rings is 1. The van der Waals surface area contributed by atoms with Gasteiger partial charge in [-0.3, -0.25) is 4.79 Å². The molecule has 28 heavy (non-hydrogen) atoms. The first-order valence-electron chi connectivity index (χ1n) is 10.3. The van der Waals surface area contributed by atoms with E-state index in [0.717, 1.165) is 63.2 Å². The van der Waals surface area contributed by atoms with E-state index in [1.54, 1.807) is 6.20 Å². The van der Waals surface area contributed by atoms with Gasteiger partial charge in [0.1, 0.15) is 0 Å². The minimum atomic E-state index is -0.295. The normalized spacial score (nSPS) is 20.7. The van der Waals surface area contributed by atoms with Crippen LogP contribution in [-0.4, -0.2) is 42.1 Å². The third-order valence-corrected chi connectivity index (χ3v) is 6.15. The third kappa shape index (κ3) is 3.09. The predicted molar refractivity (Wildman–Crippen MR) is 109 cm³/mol. The Hall–Kier alpha value is -2.67. The van der Waals surface area contributed by atoms with Crippen molar-refractivity contribution in [2.75, 3.05) is 36.4 Å². The van der Waals surface area contributed by atoms with E-state index in [-0.39, 0.29) is 11.4 Å². The van der Waals surface area contributed by atoms with Gasteiger partial charge in [-0.05, 0) is 37.1 Å². The first kappa shape index (κ1) is 17.4. The smallest absolute Gasteiger partial charge is 0.255 e. The minimum absolute atomic E-state index is 0.0381. The molecule has 1 spiro atoms.